The molecule has 2 heterocycles. The lowest BCUT2D eigenvalue weighted by Crippen LogP contribution is -2.11. The van der Waals surface area contributed by atoms with Crippen LogP contribution < -0.4 is 5.32 Å². The van der Waals surface area contributed by atoms with Crippen LogP contribution in [0.4, 0.5) is 5.82 Å². The molecule has 1 aliphatic rings. The van der Waals surface area contributed by atoms with Crippen molar-refractivity contribution in [3.8, 4) is 6.19 Å². The van der Waals surface area contributed by atoms with Crippen molar-refractivity contribution in [3.63, 3.8) is 0 Å². The lowest BCUT2D eigenvalue weighted by molar-refractivity contribution is 0.109. The molecule has 3 unspecified atom stereocenters. The van der Waals surface area contributed by atoms with Gasteiger partial charge in [0.2, 0.25) is 0 Å². The second-order valence-electron chi connectivity index (χ2n) is 6.64. The first-order valence-corrected chi connectivity index (χ1v) is 8.95. The van der Waals surface area contributed by atoms with Crippen LogP contribution in [0.5, 0.6) is 0 Å². The van der Waals surface area contributed by atoms with Gasteiger partial charge < -0.3 is 9.67 Å². The van der Waals surface area contributed by atoms with Gasteiger partial charge in [0, 0.05) is 17.3 Å². The minimum absolute atomic E-state index is 0.192. The Labute approximate surface area is 156 Å². The van der Waals surface area contributed by atoms with Crippen LogP contribution >= 0.6 is 11.6 Å². The Morgan fingerprint density at radius 1 is 1.23 bits per heavy atom. The number of hydrogen-bond donors (Lipinski definition) is 2. The Balaban J connectivity index is 1.56. The van der Waals surface area contributed by atoms with E-state index in [9.17, 15) is 5.11 Å². The first-order chi connectivity index (χ1) is 12.7. The molecule has 1 fully saturated rings. The van der Waals surface area contributed by atoms with Gasteiger partial charge in [0.25, 0.3) is 0 Å². The van der Waals surface area contributed by atoms with Crippen LogP contribution in [0.25, 0.3) is 11.0 Å². The van der Waals surface area contributed by atoms with E-state index in [-0.39, 0.29) is 12.0 Å². The highest BCUT2D eigenvalue weighted by Crippen LogP contribution is 2.42. The molecule has 0 amide bonds. The van der Waals surface area contributed by atoms with Crippen molar-refractivity contribution in [3.05, 3.63) is 53.4 Å². The number of anilines is 1. The van der Waals surface area contributed by atoms with E-state index in [1.54, 1.807) is 0 Å². The zero-order valence-corrected chi connectivity index (χ0v) is 14.8. The van der Waals surface area contributed by atoms with E-state index in [0.29, 0.717) is 10.8 Å². The van der Waals surface area contributed by atoms with E-state index in [0.717, 1.165) is 35.9 Å². The van der Waals surface area contributed by atoms with E-state index in [1.807, 2.05) is 42.7 Å². The number of aliphatic hydroxyl groups is 1. The third-order valence-electron chi connectivity index (χ3n) is 5.18. The number of halogens is 1. The second-order valence-corrected chi connectivity index (χ2v) is 7.08. The van der Waals surface area contributed by atoms with Crippen LogP contribution in [0.15, 0.2) is 42.9 Å². The number of nitrogens with one attached hydrogen (secondary N) is 1. The van der Waals surface area contributed by atoms with Crippen LogP contribution in [0.2, 0.25) is 5.02 Å². The summed E-state index contributed by atoms with van der Waals surface area (Å²) >= 11 is 5.94. The minimum atomic E-state index is -0.496. The quantitative estimate of drug-likeness (QED) is 0.536. The Morgan fingerprint density at radius 2 is 2.04 bits per heavy atom. The SMILES string of the molecule is N#CNc1ncnc2c1ccn2C1CCC(C(O)c2ccc(Cl)cc2)C1. The number of aromatic nitrogens is 3. The summed E-state index contributed by atoms with van der Waals surface area (Å²) in [6, 6.07) is 9.60. The highest BCUT2D eigenvalue weighted by Gasteiger charge is 2.32. The molecule has 6 nitrogen and oxygen atoms in total. The summed E-state index contributed by atoms with van der Waals surface area (Å²) < 4.78 is 2.13. The van der Waals surface area contributed by atoms with Crippen LogP contribution in [-0.4, -0.2) is 19.6 Å². The molecule has 0 aliphatic heterocycles. The highest BCUT2D eigenvalue weighted by molar-refractivity contribution is 6.30. The standard InChI is InChI=1S/C19H18ClN5O/c20-14-4-1-12(2-5-14)17(26)13-3-6-15(9-13)25-8-7-16-18(22-10-21)23-11-24-19(16)25/h1-2,4-5,7-8,11,13,15,17,26H,3,6,9H2,(H,22,23,24). The molecule has 1 saturated carbocycles. The normalized spacial score (nSPS) is 20.8. The molecule has 3 aromatic rings. The van der Waals surface area contributed by atoms with Crippen LogP contribution in [0.3, 0.4) is 0 Å². The van der Waals surface area contributed by atoms with Gasteiger partial charge >= 0.3 is 0 Å². The molecule has 1 aliphatic carbocycles. The summed E-state index contributed by atoms with van der Waals surface area (Å²) in [6.45, 7) is 0. The zero-order chi connectivity index (χ0) is 18.1. The van der Waals surface area contributed by atoms with Gasteiger partial charge in [0.15, 0.2) is 12.0 Å². The van der Waals surface area contributed by atoms with Gasteiger partial charge in [0.1, 0.15) is 12.0 Å². The lowest BCUT2D eigenvalue weighted by Gasteiger charge is -2.19. The average Bonchev–Trinajstić information content (AvgIpc) is 3.29. The van der Waals surface area contributed by atoms with E-state index in [2.05, 4.69) is 19.9 Å². The lowest BCUT2D eigenvalue weighted by atomic mass is 9.94. The Hall–Kier alpha value is -2.62. The van der Waals surface area contributed by atoms with E-state index < -0.39 is 6.10 Å². The largest absolute Gasteiger partial charge is 0.388 e. The fraction of sp³-hybridized carbons (Fsp3) is 0.316. The summed E-state index contributed by atoms with van der Waals surface area (Å²) in [4.78, 5) is 8.51. The first-order valence-electron chi connectivity index (χ1n) is 8.57. The predicted octanol–water partition coefficient (Wildman–Crippen LogP) is 4.05. The molecule has 0 saturated heterocycles. The fourth-order valence-electron chi connectivity index (χ4n) is 3.88. The predicted molar refractivity (Wildman–Crippen MR) is 99.6 cm³/mol. The van der Waals surface area contributed by atoms with Gasteiger partial charge in [-0.3, -0.25) is 5.32 Å². The number of aliphatic hydroxyl groups excluding tert-OH is 1. The van der Waals surface area contributed by atoms with E-state index >= 15 is 0 Å². The summed E-state index contributed by atoms with van der Waals surface area (Å²) in [5.74, 6) is 0.712. The number of fused-ring (bicyclic) bond motifs is 1. The van der Waals surface area contributed by atoms with Gasteiger partial charge in [0.05, 0.1) is 11.5 Å². The molecule has 3 atom stereocenters. The third-order valence-corrected chi connectivity index (χ3v) is 5.43. The summed E-state index contributed by atoms with van der Waals surface area (Å²) in [5.41, 5.74) is 1.71. The minimum Gasteiger partial charge on any atom is -0.388 e. The molecule has 2 aromatic heterocycles. The maximum atomic E-state index is 10.7. The van der Waals surface area contributed by atoms with Gasteiger partial charge in [-0.15, -0.1) is 0 Å². The number of rotatable bonds is 4. The molecule has 132 valence electrons. The molecule has 0 radical (unpaired) electrons. The summed E-state index contributed by atoms with van der Waals surface area (Å²) in [6.07, 6.45) is 7.66. The van der Waals surface area contributed by atoms with Crippen LogP contribution in [0, 0.1) is 17.4 Å². The maximum Gasteiger partial charge on any atom is 0.182 e. The second kappa shape index (κ2) is 6.94. The Morgan fingerprint density at radius 3 is 2.81 bits per heavy atom. The number of nitriles is 1. The summed E-state index contributed by atoms with van der Waals surface area (Å²) in [7, 11) is 0. The van der Waals surface area contributed by atoms with Crippen molar-refractivity contribution >= 4 is 28.5 Å². The highest BCUT2D eigenvalue weighted by atomic mass is 35.5. The number of nitrogens with zero attached hydrogens (tertiary/aromatic N) is 4. The first kappa shape index (κ1) is 16.8. The smallest absolute Gasteiger partial charge is 0.182 e. The van der Waals surface area contributed by atoms with E-state index in [1.165, 1.54) is 6.33 Å². The van der Waals surface area contributed by atoms with Crippen molar-refractivity contribution in [2.45, 2.75) is 31.4 Å². The molecule has 7 heteroatoms. The molecular formula is C19H18ClN5O. The third kappa shape index (κ3) is 3.00. The van der Waals surface area contributed by atoms with Crippen LogP contribution in [-0.2, 0) is 0 Å². The molecule has 2 N–H and O–H groups in total. The monoisotopic (exact) mass is 367 g/mol. The van der Waals surface area contributed by atoms with Gasteiger partial charge in [-0.25, -0.2) is 9.97 Å². The van der Waals surface area contributed by atoms with Crippen molar-refractivity contribution < 1.29 is 5.11 Å². The molecule has 4 rings (SSSR count). The van der Waals surface area contributed by atoms with Crippen molar-refractivity contribution in [2.24, 2.45) is 5.92 Å². The Bertz CT molecular complexity index is 962. The summed E-state index contributed by atoms with van der Waals surface area (Å²) in [5, 5.41) is 23.7. The van der Waals surface area contributed by atoms with E-state index in [4.69, 9.17) is 16.9 Å². The maximum absolute atomic E-state index is 10.7. The zero-order valence-electron chi connectivity index (χ0n) is 14.0. The van der Waals surface area contributed by atoms with Gasteiger partial charge in [-0.2, -0.15) is 5.26 Å². The molecule has 0 bridgehead atoms. The molecule has 1 aromatic carbocycles. The Kier molecular flexibility index (Phi) is 4.49. The molecule has 26 heavy (non-hydrogen) atoms. The van der Waals surface area contributed by atoms with Crippen molar-refractivity contribution in [2.75, 3.05) is 5.32 Å². The fourth-order valence-corrected chi connectivity index (χ4v) is 4.01. The molecular weight excluding hydrogens is 350 g/mol. The number of benzene rings is 1. The van der Waals surface area contributed by atoms with Gasteiger partial charge in [-0.05, 0) is 48.9 Å². The van der Waals surface area contributed by atoms with Crippen molar-refractivity contribution in [1.82, 2.24) is 14.5 Å². The average molecular weight is 368 g/mol. The topological polar surface area (TPSA) is 86.8 Å². The van der Waals surface area contributed by atoms with Crippen LogP contribution in [0.1, 0.15) is 37.0 Å². The number of hydrogen-bond acceptors (Lipinski definition) is 5. The van der Waals surface area contributed by atoms with Gasteiger partial charge in [-0.1, -0.05) is 23.7 Å². The van der Waals surface area contributed by atoms with Crippen molar-refractivity contribution in [1.29, 1.82) is 5.26 Å². The molecule has 0 spiro atoms.